The molecule has 0 saturated carbocycles. The monoisotopic (exact) mass is 342 g/mol. The molecule has 0 unspecified atom stereocenters. The van der Waals surface area contributed by atoms with Crippen molar-refractivity contribution in [1.29, 1.82) is 0 Å². The van der Waals surface area contributed by atoms with Crippen LogP contribution in [0.5, 0.6) is 0 Å². The van der Waals surface area contributed by atoms with E-state index < -0.39 is 0 Å². The lowest BCUT2D eigenvalue weighted by atomic mass is 10.1. The lowest BCUT2D eigenvalue weighted by molar-refractivity contribution is -0.122. The van der Waals surface area contributed by atoms with Crippen molar-refractivity contribution in [3.05, 3.63) is 92.8 Å². The third kappa shape index (κ3) is 3.78. The fraction of sp³-hybridized carbons (Fsp3) is 0.111. The van der Waals surface area contributed by atoms with Gasteiger partial charge < -0.3 is 9.88 Å². The number of aromatic nitrogens is 1. The lowest BCUT2D eigenvalue weighted by Gasteiger charge is -2.18. The second-order valence-electron chi connectivity index (χ2n) is 5.23. The van der Waals surface area contributed by atoms with Crippen molar-refractivity contribution in [2.75, 3.05) is 0 Å². The van der Waals surface area contributed by atoms with Gasteiger partial charge in [-0.15, -0.1) is 11.3 Å². The summed E-state index contributed by atoms with van der Waals surface area (Å²) in [5, 5.41) is 4.84. The highest BCUT2D eigenvalue weighted by molar-refractivity contribution is 7.10. The van der Waals surface area contributed by atoms with Gasteiger partial charge in [0.25, 0.3) is 5.56 Å². The number of amides is 1. The molecule has 1 N–H and O–H groups in total. The molecule has 2 heterocycles. The van der Waals surface area contributed by atoms with Gasteiger partial charge in [0, 0.05) is 17.1 Å². The number of benzene rings is 1. The molecule has 0 aliphatic rings. The summed E-state index contributed by atoms with van der Waals surface area (Å²) in [7, 11) is 0. The summed E-state index contributed by atoms with van der Waals surface area (Å²) in [6.07, 6.45) is 1.57. The van der Waals surface area contributed by atoms with Gasteiger partial charge in [-0.05, 0) is 35.2 Å². The predicted octanol–water partition coefficient (Wildman–Crippen LogP) is 2.95. The SMILES string of the molecule is O=C(Cn1ccccc1=O)N[C@@H](c1ccc(F)cc1)c1cccs1. The van der Waals surface area contributed by atoms with Crippen LogP contribution < -0.4 is 10.9 Å². The van der Waals surface area contributed by atoms with Crippen molar-refractivity contribution in [1.82, 2.24) is 9.88 Å². The molecule has 0 spiro atoms. The fourth-order valence-electron chi connectivity index (χ4n) is 2.38. The number of hydrogen-bond acceptors (Lipinski definition) is 3. The molecule has 6 heteroatoms. The highest BCUT2D eigenvalue weighted by Crippen LogP contribution is 2.26. The standard InChI is InChI=1S/C18H15FN2O2S/c19-14-8-6-13(7-9-14)18(15-4-3-11-24-15)20-16(22)12-21-10-2-1-5-17(21)23/h1-11,18H,12H2,(H,20,22)/t18-/m0/s1. The van der Waals surface area contributed by atoms with Crippen LogP contribution in [0.3, 0.4) is 0 Å². The van der Waals surface area contributed by atoms with Crippen molar-refractivity contribution in [2.24, 2.45) is 0 Å². The second-order valence-corrected chi connectivity index (χ2v) is 6.21. The first-order valence-electron chi connectivity index (χ1n) is 7.37. The Balaban J connectivity index is 1.82. The molecule has 3 rings (SSSR count). The summed E-state index contributed by atoms with van der Waals surface area (Å²) in [6, 6.07) is 14.2. The molecule has 1 aromatic carbocycles. The van der Waals surface area contributed by atoms with E-state index in [1.165, 1.54) is 34.1 Å². The molecule has 0 aliphatic carbocycles. The van der Waals surface area contributed by atoms with Gasteiger partial charge >= 0.3 is 0 Å². The molecular weight excluding hydrogens is 327 g/mol. The molecule has 24 heavy (non-hydrogen) atoms. The van der Waals surface area contributed by atoms with E-state index >= 15 is 0 Å². The molecular formula is C18H15FN2O2S. The number of thiophene rings is 1. The fourth-order valence-corrected chi connectivity index (χ4v) is 3.18. The molecule has 1 atom stereocenters. The van der Waals surface area contributed by atoms with Crippen LogP contribution in [-0.2, 0) is 11.3 Å². The van der Waals surface area contributed by atoms with Crippen LogP contribution in [0.2, 0.25) is 0 Å². The lowest BCUT2D eigenvalue weighted by Crippen LogP contribution is -2.34. The largest absolute Gasteiger partial charge is 0.343 e. The molecule has 2 aromatic heterocycles. The molecule has 4 nitrogen and oxygen atoms in total. The molecule has 3 aromatic rings. The topological polar surface area (TPSA) is 51.1 Å². The number of rotatable bonds is 5. The Kier molecular flexibility index (Phi) is 4.86. The van der Waals surface area contributed by atoms with Crippen molar-refractivity contribution in [2.45, 2.75) is 12.6 Å². The smallest absolute Gasteiger partial charge is 0.250 e. The minimum atomic E-state index is -0.377. The van der Waals surface area contributed by atoms with E-state index in [1.807, 2.05) is 17.5 Å². The first kappa shape index (κ1) is 16.1. The minimum absolute atomic E-state index is 0.0667. The Labute approximate surface area is 142 Å². The number of nitrogens with zero attached hydrogens (tertiary/aromatic N) is 1. The van der Waals surface area contributed by atoms with Crippen LogP contribution in [0.4, 0.5) is 4.39 Å². The van der Waals surface area contributed by atoms with Crippen molar-refractivity contribution < 1.29 is 9.18 Å². The Morgan fingerprint density at radius 1 is 1.12 bits per heavy atom. The molecule has 0 saturated heterocycles. The van der Waals surface area contributed by atoms with Crippen LogP contribution in [0.25, 0.3) is 0 Å². The third-order valence-electron chi connectivity index (χ3n) is 3.55. The highest BCUT2D eigenvalue weighted by atomic mass is 32.1. The van der Waals surface area contributed by atoms with Gasteiger partial charge in [0.15, 0.2) is 0 Å². The first-order valence-corrected chi connectivity index (χ1v) is 8.25. The number of hydrogen-bond donors (Lipinski definition) is 1. The van der Waals surface area contributed by atoms with Gasteiger partial charge in [0.1, 0.15) is 12.4 Å². The summed E-state index contributed by atoms with van der Waals surface area (Å²) in [5.74, 6) is -0.614. The Hall–Kier alpha value is -2.73. The summed E-state index contributed by atoms with van der Waals surface area (Å²) < 4.78 is 14.5. The molecule has 122 valence electrons. The van der Waals surface area contributed by atoms with Crippen molar-refractivity contribution in [3.63, 3.8) is 0 Å². The maximum Gasteiger partial charge on any atom is 0.250 e. The van der Waals surface area contributed by atoms with E-state index in [1.54, 1.807) is 30.5 Å². The summed E-state index contributed by atoms with van der Waals surface area (Å²) in [6.45, 7) is -0.0667. The maximum absolute atomic E-state index is 13.2. The van der Waals surface area contributed by atoms with Gasteiger partial charge in [-0.25, -0.2) is 4.39 Å². The molecule has 1 amide bonds. The predicted molar refractivity (Wildman–Crippen MR) is 91.4 cm³/mol. The quantitative estimate of drug-likeness (QED) is 0.775. The van der Waals surface area contributed by atoms with E-state index in [2.05, 4.69) is 5.32 Å². The Bertz CT molecular complexity index is 873. The van der Waals surface area contributed by atoms with Gasteiger partial charge in [-0.3, -0.25) is 9.59 Å². The van der Waals surface area contributed by atoms with E-state index in [0.717, 1.165) is 10.4 Å². The van der Waals surface area contributed by atoms with Crippen LogP contribution in [0.1, 0.15) is 16.5 Å². The second kappa shape index (κ2) is 7.23. The average molecular weight is 342 g/mol. The normalized spacial score (nSPS) is 11.9. The van der Waals surface area contributed by atoms with E-state index in [0.29, 0.717) is 0 Å². The summed E-state index contributed by atoms with van der Waals surface area (Å²) in [4.78, 5) is 25.0. The van der Waals surface area contributed by atoms with Crippen LogP contribution in [0, 0.1) is 5.82 Å². The number of pyridine rings is 1. The minimum Gasteiger partial charge on any atom is -0.343 e. The van der Waals surface area contributed by atoms with E-state index in [4.69, 9.17) is 0 Å². The number of carbonyl (C=O) groups excluding carboxylic acids is 1. The zero-order valence-corrected chi connectivity index (χ0v) is 13.5. The van der Waals surface area contributed by atoms with Gasteiger partial charge in [0.2, 0.25) is 5.91 Å². The zero-order chi connectivity index (χ0) is 16.9. The highest BCUT2D eigenvalue weighted by Gasteiger charge is 2.18. The number of halogens is 1. The number of nitrogens with one attached hydrogen (secondary N) is 1. The Morgan fingerprint density at radius 2 is 1.92 bits per heavy atom. The molecule has 0 bridgehead atoms. The van der Waals surface area contributed by atoms with Crippen LogP contribution in [-0.4, -0.2) is 10.5 Å². The summed E-state index contributed by atoms with van der Waals surface area (Å²) in [5.41, 5.74) is 0.551. The van der Waals surface area contributed by atoms with Gasteiger partial charge in [-0.1, -0.05) is 24.3 Å². The van der Waals surface area contributed by atoms with Gasteiger partial charge in [-0.2, -0.15) is 0 Å². The maximum atomic E-state index is 13.2. The van der Waals surface area contributed by atoms with Crippen molar-refractivity contribution >= 4 is 17.2 Å². The first-order chi connectivity index (χ1) is 11.6. The number of carbonyl (C=O) groups is 1. The van der Waals surface area contributed by atoms with Crippen LogP contribution >= 0.6 is 11.3 Å². The Morgan fingerprint density at radius 3 is 2.58 bits per heavy atom. The third-order valence-corrected chi connectivity index (χ3v) is 4.49. The van der Waals surface area contributed by atoms with Gasteiger partial charge in [0.05, 0.1) is 6.04 Å². The van der Waals surface area contributed by atoms with Crippen molar-refractivity contribution in [3.8, 4) is 0 Å². The van der Waals surface area contributed by atoms with E-state index in [9.17, 15) is 14.0 Å². The van der Waals surface area contributed by atoms with E-state index in [-0.39, 0.29) is 29.9 Å². The van der Waals surface area contributed by atoms with Crippen LogP contribution in [0.15, 0.2) is 71.0 Å². The summed E-state index contributed by atoms with van der Waals surface area (Å²) >= 11 is 1.50. The molecule has 0 fully saturated rings. The average Bonchev–Trinajstić information content (AvgIpc) is 3.10. The zero-order valence-electron chi connectivity index (χ0n) is 12.7. The molecule has 0 aliphatic heterocycles. The molecule has 0 radical (unpaired) electrons.